The lowest BCUT2D eigenvalue weighted by Crippen LogP contribution is -2.46. The van der Waals surface area contributed by atoms with Crippen LogP contribution in [-0.2, 0) is 10.2 Å². The molecule has 0 aromatic heterocycles. The first-order valence-corrected chi connectivity index (χ1v) is 11.7. The molecule has 7 heteroatoms. The molecule has 1 aromatic rings. The maximum atomic E-state index is 12.8. The molecule has 0 saturated heterocycles. The Hall–Kier alpha value is -1.60. The van der Waals surface area contributed by atoms with Gasteiger partial charge in [-0.2, -0.15) is 17.4 Å². The highest BCUT2D eigenvalue weighted by molar-refractivity contribution is 7.91. The predicted molar refractivity (Wildman–Crippen MR) is 119 cm³/mol. The van der Waals surface area contributed by atoms with Gasteiger partial charge in [-0.15, -0.1) is 0 Å². The second-order valence-electron chi connectivity index (χ2n) is 10.2. The zero-order valence-corrected chi connectivity index (χ0v) is 19.7. The van der Waals surface area contributed by atoms with Crippen molar-refractivity contribution in [3.8, 4) is 0 Å². The molecule has 0 aliphatic heterocycles. The molecule has 166 valence electrons. The van der Waals surface area contributed by atoms with Crippen molar-refractivity contribution in [1.82, 2.24) is 4.72 Å². The standard InChI is InChI=1S/C22H38N2O4S/c1-17(13-14-21(2,3)4)15-18(22(5,6)7)16-23-29(27,28)24(20(25)26)19-11-9-8-10-12-19/h8-12,17-18,23H,13-16H2,1-7H3,(H,25,26). The van der Waals surface area contributed by atoms with E-state index in [4.69, 9.17) is 0 Å². The van der Waals surface area contributed by atoms with Crippen LogP contribution in [-0.4, -0.2) is 26.2 Å². The summed E-state index contributed by atoms with van der Waals surface area (Å²) in [5.74, 6) is 0.534. The average Bonchev–Trinajstić information content (AvgIpc) is 2.55. The molecule has 0 heterocycles. The highest BCUT2D eigenvalue weighted by Crippen LogP contribution is 2.34. The average molecular weight is 427 g/mol. The summed E-state index contributed by atoms with van der Waals surface area (Å²) < 4.78 is 28.5. The number of rotatable bonds is 9. The quantitative estimate of drug-likeness (QED) is 0.544. The zero-order chi connectivity index (χ0) is 22.5. The van der Waals surface area contributed by atoms with Gasteiger partial charge in [0.25, 0.3) is 0 Å². The summed E-state index contributed by atoms with van der Waals surface area (Å²) in [6.07, 6.45) is 1.53. The van der Waals surface area contributed by atoms with Gasteiger partial charge in [-0.3, -0.25) is 0 Å². The van der Waals surface area contributed by atoms with Crippen LogP contribution in [0.15, 0.2) is 30.3 Å². The number of carbonyl (C=O) groups is 1. The van der Waals surface area contributed by atoms with Crippen LogP contribution in [0.25, 0.3) is 0 Å². The number of para-hydroxylation sites is 1. The Morgan fingerprint density at radius 2 is 1.66 bits per heavy atom. The Labute approximate surface area is 176 Å². The van der Waals surface area contributed by atoms with E-state index in [-0.39, 0.29) is 29.0 Å². The topological polar surface area (TPSA) is 86.7 Å². The number of amides is 1. The number of hydrogen-bond acceptors (Lipinski definition) is 3. The second kappa shape index (κ2) is 9.94. The van der Waals surface area contributed by atoms with Crippen molar-refractivity contribution in [2.24, 2.45) is 22.7 Å². The summed E-state index contributed by atoms with van der Waals surface area (Å²) in [6.45, 7) is 15.3. The Balaban J connectivity index is 2.90. The van der Waals surface area contributed by atoms with Crippen LogP contribution in [0.3, 0.4) is 0 Å². The molecule has 1 rings (SSSR count). The smallest absolute Gasteiger partial charge is 0.426 e. The van der Waals surface area contributed by atoms with Crippen LogP contribution in [0.5, 0.6) is 0 Å². The number of carboxylic acid groups (broad SMARTS) is 1. The molecular weight excluding hydrogens is 388 g/mol. The fourth-order valence-corrected chi connectivity index (χ4v) is 4.36. The Bertz CT molecular complexity index is 749. The first-order valence-electron chi connectivity index (χ1n) is 10.2. The molecular formula is C22H38N2O4S. The predicted octanol–water partition coefficient (Wildman–Crippen LogP) is 5.52. The molecule has 29 heavy (non-hydrogen) atoms. The molecule has 0 spiro atoms. The molecule has 0 fully saturated rings. The van der Waals surface area contributed by atoms with Gasteiger partial charge in [0.15, 0.2) is 0 Å². The van der Waals surface area contributed by atoms with E-state index in [9.17, 15) is 18.3 Å². The van der Waals surface area contributed by atoms with Crippen LogP contribution in [0.1, 0.15) is 67.7 Å². The third-order valence-electron chi connectivity index (χ3n) is 5.22. The molecule has 6 nitrogen and oxygen atoms in total. The summed E-state index contributed by atoms with van der Waals surface area (Å²) in [7, 11) is -4.22. The number of anilines is 1. The summed E-state index contributed by atoms with van der Waals surface area (Å²) in [5.41, 5.74) is 0.253. The molecule has 0 aliphatic carbocycles. The van der Waals surface area contributed by atoms with Crippen LogP contribution < -0.4 is 9.03 Å². The van der Waals surface area contributed by atoms with Crippen molar-refractivity contribution < 1.29 is 18.3 Å². The fraction of sp³-hybridized carbons (Fsp3) is 0.682. The molecule has 2 N–H and O–H groups in total. The van der Waals surface area contributed by atoms with E-state index < -0.39 is 16.3 Å². The second-order valence-corrected chi connectivity index (χ2v) is 11.8. The summed E-state index contributed by atoms with van der Waals surface area (Å²) >= 11 is 0. The Morgan fingerprint density at radius 3 is 2.10 bits per heavy atom. The van der Waals surface area contributed by atoms with E-state index >= 15 is 0 Å². The van der Waals surface area contributed by atoms with E-state index in [1.165, 1.54) is 12.1 Å². The van der Waals surface area contributed by atoms with Gasteiger partial charge in [0, 0.05) is 6.54 Å². The summed E-state index contributed by atoms with van der Waals surface area (Å²) in [5, 5.41) is 9.49. The third-order valence-corrected chi connectivity index (χ3v) is 6.59. The zero-order valence-electron chi connectivity index (χ0n) is 18.9. The number of hydrogen-bond donors (Lipinski definition) is 2. The first-order chi connectivity index (χ1) is 13.1. The molecule has 0 saturated carbocycles. The van der Waals surface area contributed by atoms with E-state index in [1.54, 1.807) is 18.2 Å². The first kappa shape index (κ1) is 25.4. The van der Waals surface area contributed by atoms with Crippen molar-refractivity contribution in [3.63, 3.8) is 0 Å². The molecule has 0 radical (unpaired) electrons. The minimum Gasteiger partial charge on any atom is -0.464 e. The highest BCUT2D eigenvalue weighted by atomic mass is 32.2. The van der Waals surface area contributed by atoms with Crippen molar-refractivity contribution >= 4 is 22.0 Å². The number of nitrogens with one attached hydrogen (secondary N) is 1. The van der Waals surface area contributed by atoms with E-state index in [0.29, 0.717) is 10.2 Å². The van der Waals surface area contributed by atoms with Crippen molar-refractivity contribution in [2.45, 2.75) is 67.7 Å². The highest BCUT2D eigenvalue weighted by Gasteiger charge is 2.32. The lowest BCUT2D eigenvalue weighted by Gasteiger charge is -2.34. The molecule has 2 unspecified atom stereocenters. The largest absolute Gasteiger partial charge is 0.464 e. The van der Waals surface area contributed by atoms with Gasteiger partial charge in [-0.25, -0.2) is 4.79 Å². The maximum absolute atomic E-state index is 12.8. The Morgan fingerprint density at radius 1 is 1.10 bits per heavy atom. The van der Waals surface area contributed by atoms with E-state index in [0.717, 1.165) is 19.3 Å². The summed E-state index contributed by atoms with van der Waals surface area (Å²) in [4.78, 5) is 11.7. The normalized spacial score (nSPS) is 15.0. The lowest BCUT2D eigenvalue weighted by molar-refractivity contribution is 0.190. The van der Waals surface area contributed by atoms with Crippen molar-refractivity contribution in [1.29, 1.82) is 0 Å². The van der Waals surface area contributed by atoms with E-state index in [2.05, 4.69) is 53.2 Å². The van der Waals surface area contributed by atoms with Crippen molar-refractivity contribution in [2.75, 3.05) is 10.8 Å². The number of nitrogens with zero attached hydrogens (tertiary/aromatic N) is 1. The van der Waals surface area contributed by atoms with Crippen LogP contribution in [0.2, 0.25) is 0 Å². The third kappa shape index (κ3) is 8.74. The van der Waals surface area contributed by atoms with Crippen molar-refractivity contribution in [3.05, 3.63) is 30.3 Å². The molecule has 0 aliphatic rings. The molecule has 2 atom stereocenters. The van der Waals surface area contributed by atoms with Gasteiger partial charge in [0.1, 0.15) is 0 Å². The van der Waals surface area contributed by atoms with Gasteiger partial charge < -0.3 is 5.11 Å². The summed E-state index contributed by atoms with van der Waals surface area (Å²) in [6, 6.07) is 7.84. The Kier molecular flexibility index (Phi) is 8.72. The molecule has 0 bridgehead atoms. The fourth-order valence-electron chi connectivity index (χ4n) is 3.21. The van der Waals surface area contributed by atoms with Gasteiger partial charge in [0.05, 0.1) is 5.69 Å². The van der Waals surface area contributed by atoms with Gasteiger partial charge in [-0.1, -0.05) is 73.1 Å². The lowest BCUT2D eigenvalue weighted by atomic mass is 9.74. The number of benzene rings is 1. The monoisotopic (exact) mass is 426 g/mol. The minimum atomic E-state index is -4.22. The maximum Gasteiger partial charge on any atom is 0.426 e. The SMILES string of the molecule is CC(CCC(C)(C)C)CC(CNS(=O)(=O)N(C(=O)O)c1ccccc1)C(C)(C)C. The van der Waals surface area contributed by atoms with E-state index in [1.807, 2.05) is 0 Å². The van der Waals surface area contributed by atoms with Gasteiger partial charge in [0.2, 0.25) is 0 Å². The van der Waals surface area contributed by atoms with Gasteiger partial charge in [-0.05, 0) is 47.6 Å². The molecule has 1 amide bonds. The van der Waals surface area contributed by atoms with Crippen LogP contribution >= 0.6 is 0 Å². The van der Waals surface area contributed by atoms with Crippen LogP contribution in [0, 0.1) is 22.7 Å². The van der Waals surface area contributed by atoms with Gasteiger partial charge >= 0.3 is 16.3 Å². The minimum absolute atomic E-state index is 0.0821. The van der Waals surface area contributed by atoms with Crippen LogP contribution in [0.4, 0.5) is 10.5 Å². The molecule has 1 aromatic carbocycles.